The zero-order chi connectivity index (χ0) is 5.86. The van der Waals surface area contributed by atoms with Crippen LogP contribution in [0.1, 0.15) is 0 Å². The first-order chi connectivity index (χ1) is 3.18. The molecule has 0 aromatic carbocycles. The normalized spacial score (nSPS) is 13.3. The summed E-state index contributed by atoms with van der Waals surface area (Å²) in [6.45, 7) is 0. The zero-order valence-electron chi connectivity index (χ0n) is 3.89. The van der Waals surface area contributed by atoms with Crippen molar-refractivity contribution in [3.05, 3.63) is 0 Å². The molecule has 0 aliphatic carbocycles. The summed E-state index contributed by atoms with van der Waals surface area (Å²) in [7, 11) is -1.08. The van der Waals surface area contributed by atoms with Crippen LogP contribution >= 0.6 is 8.03 Å². The van der Waals surface area contributed by atoms with Gasteiger partial charge in [-0.1, -0.05) is 0 Å². The third-order valence-corrected chi connectivity index (χ3v) is 1.22. The highest BCUT2D eigenvalue weighted by Crippen LogP contribution is 2.17. The van der Waals surface area contributed by atoms with Crippen molar-refractivity contribution < 1.29 is 9.09 Å². The summed E-state index contributed by atoms with van der Waals surface area (Å²) >= 11 is 0. The maximum Gasteiger partial charge on any atom is 0.253 e. The largest absolute Gasteiger partial charge is 0.380 e. The van der Waals surface area contributed by atoms with Crippen LogP contribution in [0.5, 0.6) is 0 Å². The molecule has 0 aliphatic heterocycles. The van der Waals surface area contributed by atoms with Gasteiger partial charge in [0.2, 0.25) is 0 Å². The molecule has 0 aliphatic rings. The van der Waals surface area contributed by atoms with Gasteiger partial charge in [-0.05, 0) is 0 Å². The lowest BCUT2D eigenvalue weighted by molar-refractivity contribution is 0.425. The standard InChI is InChI=1S/C2H7N2O2P/c1-6-7(5)2(3)4/h7H,1H3,(H3,3,4). The smallest absolute Gasteiger partial charge is 0.253 e. The molecule has 4 nitrogen and oxygen atoms in total. The van der Waals surface area contributed by atoms with Gasteiger partial charge in [0.25, 0.3) is 8.03 Å². The summed E-state index contributed by atoms with van der Waals surface area (Å²) in [6, 6.07) is 0. The molecule has 0 rings (SSSR count). The molecule has 0 amide bonds. The van der Waals surface area contributed by atoms with E-state index in [1.165, 1.54) is 7.11 Å². The third-order valence-electron chi connectivity index (χ3n) is 0.405. The molecule has 0 aromatic heterocycles. The van der Waals surface area contributed by atoms with Crippen molar-refractivity contribution in [3.8, 4) is 0 Å². The first kappa shape index (κ1) is 6.66. The van der Waals surface area contributed by atoms with E-state index >= 15 is 0 Å². The molecule has 0 aromatic rings. The van der Waals surface area contributed by atoms with Crippen molar-refractivity contribution in [3.63, 3.8) is 0 Å². The summed E-state index contributed by atoms with van der Waals surface area (Å²) in [5, 5.41) is 6.49. The van der Waals surface area contributed by atoms with Crippen LogP contribution in [0.3, 0.4) is 0 Å². The van der Waals surface area contributed by atoms with Crippen molar-refractivity contribution in [1.82, 2.24) is 0 Å². The highest BCUT2D eigenvalue weighted by Gasteiger charge is 1.95. The van der Waals surface area contributed by atoms with E-state index in [0.717, 1.165) is 0 Å². The second-order valence-electron chi connectivity index (χ2n) is 0.905. The van der Waals surface area contributed by atoms with Crippen LogP contribution in [-0.2, 0) is 9.09 Å². The number of hydrogen-bond donors (Lipinski definition) is 2. The summed E-state index contributed by atoms with van der Waals surface area (Å²) in [5.74, 6) is 0. The highest BCUT2D eigenvalue weighted by molar-refractivity contribution is 7.59. The van der Waals surface area contributed by atoms with Gasteiger partial charge in [0, 0.05) is 7.11 Å². The van der Waals surface area contributed by atoms with E-state index in [9.17, 15) is 4.57 Å². The predicted octanol–water partition coefficient (Wildman–Crippen LogP) is 0.000970. The van der Waals surface area contributed by atoms with Crippen LogP contribution in [0.25, 0.3) is 0 Å². The van der Waals surface area contributed by atoms with Gasteiger partial charge in [-0.15, -0.1) is 0 Å². The van der Waals surface area contributed by atoms with Crippen molar-refractivity contribution in [2.75, 3.05) is 7.11 Å². The van der Waals surface area contributed by atoms with Gasteiger partial charge in [-0.3, -0.25) is 9.97 Å². The Kier molecular flexibility index (Phi) is 2.64. The van der Waals surface area contributed by atoms with Crippen molar-refractivity contribution >= 4 is 13.6 Å². The maximum absolute atomic E-state index is 10.1. The molecule has 1 unspecified atom stereocenters. The molecule has 0 spiro atoms. The molecule has 0 fully saturated rings. The Morgan fingerprint density at radius 3 is 2.43 bits per heavy atom. The quantitative estimate of drug-likeness (QED) is 0.307. The van der Waals surface area contributed by atoms with E-state index in [0.29, 0.717) is 0 Å². The molecule has 5 heteroatoms. The highest BCUT2D eigenvalue weighted by atomic mass is 31.1. The maximum atomic E-state index is 10.1. The van der Waals surface area contributed by atoms with Gasteiger partial charge in [0.05, 0.1) is 0 Å². The molecule has 3 N–H and O–H groups in total. The van der Waals surface area contributed by atoms with Crippen LogP contribution in [0, 0.1) is 5.41 Å². The minimum atomic E-state index is -2.33. The van der Waals surface area contributed by atoms with Gasteiger partial charge in [0.1, 0.15) is 0 Å². The molecule has 7 heavy (non-hydrogen) atoms. The molecule has 0 saturated carbocycles. The lowest BCUT2D eigenvalue weighted by Gasteiger charge is -1.90. The van der Waals surface area contributed by atoms with Gasteiger partial charge < -0.3 is 10.3 Å². The first-order valence-electron chi connectivity index (χ1n) is 1.61. The van der Waals surface area contributed by atoms with Gasteiger partial charge >= 0.3 is 0 Å². The molecular formula is C2H7N2O2P. The number of hydrogen-bond acceptors (Lipinski definition) is 3. The second kappa shape index (κ2) is 2.77. The fraction of sp³-hybridized carbons (Fsp3) is 0.500. The van der Waals surface area contributed by atoms with Crippen molar-refractivity contribution in [2.45, 2.75) is 0 Å². The van der Waals surface area contributed by atoms with Gasteiger partial charge in [-0.2, -0.15) is 0 Å². The average molecular weight is 122 g/mol. The fourth-order valence-corrected chi connectivity index (χ4v) is 0.330. The zero-order valence-corrected chi connectivity index (χ0v) is 4.89. The second-order valence-corrected chi connectivity index (χ2v) is 2.43. The Morgan fingerprint density at radius 1 is 2.00 bits per heavy atom. The number of rotatable bonds is 2. The number of nitrogens with one attached hydrogen (secondary N) is 1. The van der Waals surface area contributed by atoms with Crippen LogP contribution in [0.2, 0.25) is 0 Å². The average Bonchev–Trinajstić information content (AvgIpc) is 1.65. The summed E-state index contributed by atoms with van der Waals surface area (Å²) in [4.78, 5) is 0. The first-order valence-corrected chi connectivity index (χ1v) is 2.92. The molecular weight excluding hydrogens is 115 g/mol. The lowest BCUT2D eigenvalue weighted by Crippen LogP contribution is -2.03. The molecule has 42 valence electrons. The van der Waals surface area contributed by atoms with E-state index in [-0.39, 0.29) is 5.58 Å². The predicted molar refractivity (Wildman–Crippen MR) is 27.9 cm³/mol. The number of nitrogens with two attached hydrogens (primary N) is 1. The number of amidine groups is 1. The van der Waals surface area contributed by atoms with Crippen LogP contribution < -0.4 is 5.73 Å². The van der Waals surface area contributed by atoms with E-state index in [1.54, 1.807) is 0 Å². The third kappa shape index (κ3) is 2.37. The monoisotopic (exact) mass is 122 g/mol. The minimum Gasteiger partial charge on any atom is -0.380 e. The topological polar surface area (TPSA) is 76.2 Å². The van der Waals surface area contributed by atoms with Gasteiger partial charge in [-0.25, -0.2) is 0 Å². The molecule has 1 atom stereocenters. The summed E-state index contributed by atoms with van der Waals surface area (Å²) in [6.07, 6.45) is 0. The van der Waals surface area contributed by atoms with E-state index < -0.39 is 8.03 Å². The summed E-state index contributed by atoms with van der Waals surface area (Å²) < 4.78 is 14.3. The molecule has 0 heterocycles. The Morgan fingerprint density at radius 2 is 2.43 bits per heavy atom. The minimum absolute atomic E-state index is 0.382. The van der Waals surface area contributed by atoms with E-state index in [4.69, 9.17) is 11.1 Å². The van der Waals surface area contributed by atoms with Crippen molar-refractivity contribution in [1.29, 1.82) is 5.41 Å². The fourth-order valence-electron chi connectivity index (χ4n) is 0.110. The van der Waals surface area contributed by atoms with E-state index in [2.05, 4.69) is 4.52 Å². The van der Waals surface area contributed by atoms with Crippen LogP contribution in [0.4, 0.5) is 0 Å². The Bertz CT molecular complexity index is 102. The van der Waals surface area contributed by atoms with Crippen LogP contribution in [-0.4, -0.2) is 12.7 Å². The summed E-state index contributed by atoms with van der Waals surface area (Å²) in [5.41, 5.74) is 4.36. The van der Waals surface area contributed by atoms with E-state index in [1.807, 2.05) is 0 Å². The van der Waals surface area contributed by atoms with Crippen molar-refractivity contribution in [2.24, 2.45) is 5.73 Å². The molecule has 0 radical (unpaired) electrons. The molecule has 0 saturated heterocycles. The Hall–Kier alpha value is -0.340. The lowest BCUT2D eigenvalue weighted by atomic mass is 11.4. The van der Waals surface area contributed by atoms with Gasteiger partial charge in [0.15, 0.2) is 5.58 Å². The molecule has 0 bridgehead atoms. The Balaban J connectivity index is 3.58. The van der Waals surface area contributed by atoms with Crippen LogP contribution in [0.15, 0.2) is 0 Å². The Labute approximate surface area is 42.0 Å². The SMILES string of the molecule is CO[PH](=O)C(=N)N.